The first-order chi connectivity index (χ1) is 9.11. The van der Waals surface area contributed by atoms with Gasteiger partial charge in [-0.05, 0) is 30.5 Å². The molecule has 5 nitrogen and oxygen atoms in total. The maximum Gasteiger partial charge on any atom is 0.356 e. The lowest BCUT2D eigenvalue weighted by atomic mass is 10.1. The highest BCUT2D eigenvalue weighted by atomic mass is 16.5. The van der Waals surface area contributed by atoms with Gasteiger partial charge in [-0.3, -0.25) is 0 Å². The molecule has 2 rings (SSSR count). The summed E-state index contributed by atoms with van der Waals surface area (Å²) in [4.78, 5) is 14.9. The molecule has 0 radical (unpaired) electrons. The molecule has 0 spiro atoms. The zero-order valence-corrected chi connectivity index (χ0v) is 11.0. The number of methoxy groups -OCH3 is 1. The number of hydrogen-bond donors (Lipinski definition) is 1. The summed E-state index contributed by atoms with van der Waals surface area (Å²) < 4.78 is 6.85. The van der Waals surface area contributed by atoms with E-state index in [0.717, 1.165) is 23.4 Å². The molecule has 1 aromatic carbocycles. The minimum Gasteiger partial charge on any atom is -0.497 e. The van der Waals surface area contributed by atoms with Crippen LogP contribution >= 0.6 is 0 Å². The van der Waals surface area contributed by atoms with Crippen LogP contribution in [0.1, 0.15) is 21.7 Å². The van der Waals surface area contributed by atoms with Gasteiger partial charge in [0.25, 0.3) is 0 Å². The smallest absolute Gasteiger partial charge is 0.356 e. The Morgan fingerprint density at radius 1 is 1.32 bits per heavy atom. The molecule has 1 aromatic heterocycles. The molecule has 1 N–H and O–H groups in total. The topological polar surface area (TPSA) is 64.3 Å². The molecule has 0 saturated carbocycles. The second-order valence-electron chi connectivity index (χ2n) is 4.30. The highest BCUT2D eigenvalue weighted by molar-refractivity contribution is 5.86. The van der Waals surface area contributed by atoms with Gasteiger partial charge in [0.15, 0.2) is 5.69 Å². The van der Waals surface area contributed by atoms with Gasteiger partial charge in [0, 0.05) is 7.05 Å². The van der Waals surface area contributed by atoms with Crippen LogP contribution in [0.4, 0.5) is 0 Å². The molecule has 2 aromatic rings. The Hall–Kier alpha value is -2.30. The summed E-state index contributed by atoms with van der Waals surface area (Å²) in [5, 5.41) is 9.05. The summed E-state index contributed by atoms with van der Waals surface area (Å²) in [5.74, 6) is -0.166. The Balaban J connectivity index is 2.09. The first-order valence-corrected chi connectivity index (χ1v) is 5.98. The van der Waals surface area contributed by atoms with Crippen molar-refractivity contribution in [3.05, 3.63) is 47.5 Å². The third kappa shape index (κ3) is 2.93. The van der Waals surface area contributed by atoms with E-state index in [9.17, 15) is 4.79 Å². The number of carbonyl (C=O) groups is 1. The third-order valence-corrected chi connectivity index (χ3v) is 3.07. The van der Waals surface area contributed by atoms with Crippen molar-refractivity contribution in [2.24, 2.45) is 7.05 Å². The zero-order chi connectivity index (χ0) is 13.8. The Labute approximate surface area is 111 Å². The summed E-state index contributed by atoms with van der Waals surface area (Å²) in [6, 6.07) is 7.76. The number of ether oxygens (including phenoxy) is 1. The predicted molar refractivity (Wildman–Crippen MR) is 70.6 cm³/mol. The van der Waals surface area contributed by atoms with E-state index in [1.165, 1.54) is 6.33 Å². The first kappa shape index (κ1) is 13.1. The Bertz CT molecular complexity index is 573. The van der Waals surface area contributed by atoms with Gasteiger partial charge in [-0.15, -0.1) is 0 Å². The van der Waals surface area contributed by atoms with E-state index in [2.05, 4.69) is 4.98 Å². The Kier molecular flexibility index (Phi) is 3.85. The van der Waals surface area contributed by atoms with Crippen LogP contribution in [0.25, 0.3) is 0 Å². The molecule has 0 bridgehead atoms. The summed E-state index contributed by atoms with van der Waals surface area (Å²) in [5.41, 5.74) is 2.01. The number of benzene rings is 1. The average molecular weight is 260 g/mol. The normalized spacial score (nSPS) is 10.4. The molecule has 0 aliphatic heterocycles. The van der Waals surface area contributed by atoms with E-state index >= 15 is 0 Å². The molecule has 0 unspecified atom stereocenters. The molecule has 5 heteroatoms. The zero-order valence-electron chi connectivity index (χ0n) is 11.0. The van der Waals surface area contributed by atoms with Crippen LogP contribution in [0, 0.1) is 0 Å². The summed E-state index contributed by atoms with van der Waals surface area (Å²) >= 11 is 0. The highest BCUT2D eigenvalue weighted by Gasteiger charge is 2.15. The van der Waals surface area contributed by atoms with Crippen LogP contribution in [0.15, 0.2) is 30.6 Å². The number of rotatable bonds is 5. The number of hydrogen-bond acceptors (Lipinski definition) is 3. The van der Waals surface area contributed by atoms with E-state index in [1.807, 2.05) is 31.3 Å². The van der Waals surface area contributed by atoms with Gasteiger partial charge in [0.05, 0.1) is 19.1 Å². The minimum atomic E-state index is -0.981. The van der Waals surface area contributed by atoms with E-state index in [4.69, 9.17) is 9.84 Å². The quantitative estimate of drug-likeness (QED) is 0.892. The second kappa shape index (κ2) is 5.56. The maximum absolute atomic E-state index is 11.0. The van der Waals surface area contributed by atoms with Gasteiger partial charge in [-0.1, -0.05) is 12.1 Å². The standard InChI is InChI=1S/C14H16N2O3/c1-16-9-15-13(14(17)18)12(16)8-5-10-3-6-11(19-2)7-4-10/h3-4,6-7,9H,5,8H2,1-2H3,(H,17,18). The van der Waals surface area contributed by atoms with Crippen molar-refractivity contribution in [3.8, 4) is 5.75 Å². The van der Waals surface area contributed by atoms with E-state index in [-0.39, 0.29) is 5.69 Å². The molecule has 0 amide bonds. The van der Waals surface area contributed by atoms with Crippen LogP contribution in [0.3, 0.4) is 0 Å². The van der Waals surface area contributed by atoms with Crippen LogP contribution in [-0.2, 0) is 19.9 Å². The number of imidazole rings is 1. The van der Waals surface area contributed by atoms with Gasteiger partial charge >= 0.3 is 5.97 Å². The van der Waals surface area contributed by atoms with Crippen molar-refractivity contribution < 1.29 is 14.6 Å². The third-order valence-electron chi connectivity index (χ3n) is 3.07. The van der Waals surface area contributed by atoms with Gasteiger partial charge in [0.1, 0.15) is 5.75 Å². The largest absolute Gasteiger partial charge is 0.497 e. The van der Waals surface area contributed by atoms with Crippen molar-refractivity contribution in [3.63, 3.8) is 0 Å². The second-order valence-corrected chi connectivity index (χ2v) is 4.30. The van der Waals surface area contributed by atoms with Crippen LogP contribution in [-0.4, -0.2) is 27.7 Å². The number of aryl methyl sites for hydroxylation is 2. The first-order valence-electron chi connectivity index (χ1n) is 5.98. The molecule has 1 heterocycles. The summed E-state index contributed by atoms with van der Waals surface area (Å²) in [6.45, 7) is 0. The van der Waals surface area contributed by atoms with E-state index in [0.29, 0.717) is 6.42 Å². The van der Waals surface area contributed by atoms with Gasteiger partial charge in [-0.25, -0.2) is 9.78 Å². The molecule has 0 saturated heterocycles. The monoisotopic (exact) mass is 260 g/mol. The van der Waals surface area contributed by atoms with Crippen LogP contribution < -0.4 is 4.74 Å². The maximum atomic E-state index is 11.0. The molecular formula is C14H16N2O3. The van der Waals surface area contributed by atoms with Gasteiger partial charge in [-0.2, -0.15) is 0 Å². The van der Waals surface area contributed by atoms with Crippen molar-refractivity contribution in [1.82, 2.24) is 9.55 Å². The van der Waals surface area contributed by atoms with Crippen LogP contribution in [0.2, 0.25) is 0 Å². The van der Waals surface area contributed by atoms with E-state index in [1.54, 1.807) is 11.7 Å². The average Bonchev–Trinajstić information content (AvgIpc) is 2.78. The fourth-order valence-electron chi connectivity index (χ4n) is 1.98. The fourth-order valence-corrected chi connectivity index (χ4v) is 1.98. The minimum absolute atomic E-state index is 0.135. The van der Waals surface area contributed by atoms with Crippen LogP contribution in [0.5, 0.6) is 5.75 Å². The molecule has 0 aliphatic carbocycles. The SMILES string of the molecule is COc1ccc(CCc2c(C(=O)O)ncn2C)cc1. The Morgan fingerprint density at radius 2 is 2.00 bits per heavy atom. The fraction of sp³-hybridized carbons (Fsp3) is 0.286. The number of carboxylic acid groups (broad SMARTS) is 1. The molecule has 0 fully saturated rings. The molecule has 0 atom stereocenters. The molecule has 0 aliphatic rings. The van der Waals surface area contributed by atoms with E-state index < -0.39 is 5.97 Å². The number of aromatic nitrogens is 2. The van der Waals surface area contributed by atoms with Crippen molar-refractivity contribution >= 4 is 5.97 Å². The van der Waals surface area contributed by atoms with Crippen molar-refractivity contribution in [2.75, 3.05) is 7.11 Å². The highest BCUT2D eigenvalue weighted by Crippen LogP contribution is 2.15. The lowest BCUT2D eigenvalue weighted by molar-refractivity contribution is 0.0689. The number of aromatic carboxylic acids is 1. The Morgan fingerprint density at radius 3 is 2.58 bits per heavy atom. The lowest BCUT2D eigenvalue weighted by Crippen LogP contribution is -2.06. The van der Waals surface area contributed by atoms with Gasteiger partial charge in [0.2, 0.25) is 0 Å². The lowest BCUT2D eigenvalue weighted by Gasteiger charge is -2.05. The van der Waals surface area contributed by atoms with Gasteiger partial charge < -0.3 is 14.4 Å². The van der Waals surface area contributed by atoms with Crippen molar-refractivity contribution in [2.45, 2.75) is 12.8 Å². The number of carboxylic acids is 1. The predicted octanol–water partition coefficient (Wildman–Crippen LogP) is 1.91. The molecule has 19 heavy (non-hydrogen) atoms. The summed E-state index contributed by atoms with van der Waals surface area (Å²) in [6.07, 6.45) is 2.95. The number of nitrogens with zero attached hydrogens (tertiary/aromatic N) is 2. The molecular weight excluding hydrogens is 244 g/mol. The molecule has 100 valence electrons. The summed E-state index contributed by atoms with van der Waals surface area (Å²) in [7, 11) is 3.44. The van der Waals surface area contributed by atoms with Crippen molar-refractivity contribution in [1.29, 1.82) is 0 Å².